The van der Waals surface area contributed by atoms with E-state index in [1.165, 1.54) is 11.8 Å². The van der Waals surface area contributed by atoms with Crippen molar-refractivity contribution in [2.24, 2.45) is 0 Å². The fourth-order valence-electron chi connectivity index (χ4n) is 3.54. The van der Waals surface area contributed by atoms with E-state index in [0.29, 0.717) is 22.6 Å². The van der Waals surface area contributed by atoms with E-state index in [2.05, 4.69) is 5.32 Å². The minimum absolute atomic E-state index is 0.0398. The number of hydrogen-bond donors (Lipinski definition) is 1. The summed E-state index contributed by atoms with van der Waals surface area (Å²) >= 11 is 1.41. The third kappa shape index (κ3) is 3.64. The van der Waals surface area contributed by atoms with Crippen molar-refractivity contribution in [1.82, 2.24) is 14.9 Å². The molecule has 7 heteroatoms. The fraction of sp³-hybridized carbons (Fsp3) is 0.526. The Morgan fingerprint density at radius 3 is 2.92 bits per heavy atom. The van der Waals surface area contributed by atoms with Crippen molar-refractivity contribution in [3.8, 4) is 0 Å². The summed E-state index contributed by atoms with van der Waals surface area (Å²) in [5, 5.41) is 3.98. The maximum atomic E-state index is 13.1. The number of carbonyl (C=O) groups excluding carboxylic acids is 1. The Hall–Kier alpha value is -1.86. The van der Waals surface area contributed by atoms with Gasteiger partial charge in [-0.15, -0.1) is 0 Å². The Morgan fingerprint density at radius 2 is 2.08 bits per heavy atom. The lowest BCUT2D eigenvalue weighted by Gasteiger charge is -2.19. The number of ether oxygens (including phenoxy) is 1. The number of hydrogen-bond acceptors (Lipinski definition) is 5. The predicted octanol–water partition coefficient (Wildman–Crippen LogP) is 2.34. The van der Waals surface area contributed by atoms with Gasteiger partial charge in [-0.05, 0) is 37.8 Å². The van der Waals surface area contributed by atoms with Crippen molar-refractivity contribution >= 4 is 28.6 Å². The van der Waals surface area contributed by atoms with Gasteiger partial charge in [-0.2, -0.15) is 0 Å². The van der Waals surface area contributed by atoms with Crippen molar-refractivity contribution in [3.05, 3.63) is 34.6 Å². The molecule has 2 aliphatic heterocycles. The van der Waals surface area contributed by atoms with Crippen LogP contribution in [0.2, 0.25) is 0 Å². The molecule has 4 rings (SSSR count). The molecule has 2 aromatic rings. The van der Waals surface area contributed by atoms with Crippen LogP contribution in [0.3, 0.4) is 0 Å². The highest BCUT2D eigenvalue weighted by Gasteiger charge is 2.26. The maximum Gasteiger partial charge on any atom is 0.262 e. The molecule has 1 aromatic carbocycles. The van der Waals surface area contributed by atoms with Gasteiger partial charge in [-0.25, -0.2) is 4.98 Å². The molecule has 1 N–H and O–H groups in total. The first-order valence-corrected chi connectivity index (χ1v) is 10.2. The van der Waals surface area contributed by atoms with Crippen LogP contribution in [0.15, 0.2) is 34.2 Å². The summed E-state index contributed by atoms with van der Waals surface area (Å²) in [4.78, 5) is 30.2. The van der Waals surface area contributed by atoms with E-state index in [1.807, 2.05) is 24.3 Å². The molecule has 2 fully saturated rings. The number of para-hydroxylation sites is 1. The third-order valence-corrected chi connectivity index (χ3v) is 6.23. The molecule has 2 saturated heterocycles. The normalized spacial score (nSPS) is 23.8. The summed E-state index contributed by atoms with van der Waals surface area (Å²) in [5.74, 6) is 0.0403. The average molecular weight is 373 g/mol. The Balaban J connectivity index is 1.72. The molecule has 0 bridgehead atoms. The highest BCUT2D eigenvalue weighted by molar-refractivity contribution is 8.00. The van der Waals surface area contributed by atoms with Gasteiger partial charge in [0.25, 0.3) is 5.56 Å². The van der Waals surface area contributed by atoms with E-state index in [0.717, 1.165) is 45.3 Å². The van der Waals surface area contributed by atoms with Gasteiger partial charge in [0.2, 0.25) is 5.91 Å². The second kappa shape index (κ2) is 7.80. The SMILES string of the molecule is O=C1NCCCCC1Sc1nc2ccccc2c(=O)n1CC1CCCO1. The second-order valence-electron chi connectivity index (χ2n) is 6.86. The molecule has 0 saturated carbocycles. The number of fused-ring (bicyclic) bond motifs is 1. The first kappa shape index (κ1) is 17.5. The van der Waals surface area contributed by atoms with E-state index < -0.39 is 0 Å². The molecule has 26 heavy (non-hydrogen) atoms. The number of nitrogens with one attached hydrogen (secondary N) is 1. The number of nitrogens with zero attached hydrogens (tertiary/aromatic N) is 2. The zero-order valence-electron chi connectivity index (χ0n) is 14.6. The van der Waals surface area contributed by atoms with Crippen LogP contribution in [0, 0.1) is 0 Å². The standard InChI is InChI=1S/C19H23N3O3S/c23-17-16(9-3-4-10-20-17)26-19-21-15-8-2-1-7-14(15)18(24)22(19)12-13-6-5-11-25-13/h1-2,7-8,13,16H,3-6,9-12H2,(H,20,23). The van der Waals surface area contributed by atoms with Crippen molar-refractivity contribution in [2.75, 3.05) is 13.2 Å². The molecule has 2 aliphatic rings. The van der Waals surface area contributed by atoms with Gasteiger partial charge < -0.3 is 10.1 Å². The zero-order chi connectivity index (χ0) is 17.9. The number of aromatic nitrogens is 2. The lowest BCUT2D eigenvalue weighted by Crippen LogP contribution is -2.33. The van der Waals surface area contributed by atoms with Gasteiger partial charge in [0, 0.05) is 13.2 Å². The summed E-state index contributed by atoms with van der Waals surface area (Å²) in [6.07, 6.45) is 4.81. The summed E-state index contributed by atoms with van der Waals surface area (Å²) in [7, 11) is 0. The van der Waals surface area contributed by atoms with Gasteiger partial charge in [-0.3, -0.25) is 14.2 Å². The van der Waals surface area contributed by atoms with E-state index in [1.54, 1.807) is 4.57 Å². The van der Waals surface area contributed by atoms with E-state index >= 15 is 0 Å². The number of carbonyl (C=O) groups is 1. The van der Waals surface area contributed by atoms with Gasteiger partial charge in [0.1, 0.15) is 0 Å². The second-order valence-corrected chi connectivity index (χ2v) is 8.03. The van der Waals surface area contributed by atoms with Crippen molar-refractivity contribution in [3.63, 3.8) is 0 Å². The third-order valence-electron chi connectivity index (χ3n) is 4.97. The molecule has 0 radical (unpaired) electrons. The van der Waals surface area contributed by atoms with Crippen LogP contribution in [-0.2, 0) is 16.1 Å². The number of amides is 1. The van der Waals surface area contributed by atoms with Crippen LogP contribution >= 0.6 is 11.8 Å². The fourth-order valence-corrected chi connectivity index (χ4v) is 4.71. The van der Waals surface area contributed by atoms with Crippen LogP contribution in [0.5, 0.6) is 0 Å². The van der Waals surface area contributed by atoms with E-state index in [-0.39, 0.29) is 22.8 Å². The van der Waals surface area contributed by atoms with Crippen LogP contribution < -0.4 is 10.9 Å². The van der Waals surface area contributed by atoms with Crippen LogP contribution in [0.25, 0.3) is 10.9 Å². The van der Waals surface area contributed by atoms with Crippen LogP contribution in [0.1, 0.15) is 32.1 Å². The van der Waals surface area contributed by atoms with E-state index in [9.17, 15) is 9.59 Å². The first-order valence-electron chi connectivity index (χ1n) is 9.28. The first-order chi connectivity index (χ1) is 12.7. The number of benzene rings is 1. The zero-order valence-corrected chi connectivity index (χ0v) is 15.5. The number of rotatable bonds is 4. The van der Waals surface area contributed by atoms with Crippen LogP contribution in [0.4, 0.5) is 0 Å². The molecule has 3 heterocycles. The monoisotopic (exact) mass is 373 g/mol. The quantitative estimate of drug-likeness (QED) is 0.833. The Labute approximate surface area is 156 Å². The van der Waals surface area contributed by atoms with Gasteiger partial charge in [0.05, 0.1) is 28.8 Å². The Kier molecular flexibility index (Phi) is 5.26. The summed E-state index contributed by atoms with van der Waals surface area (Å²) in [6, 6.07) is 7.40. The van der Waals surface area contributed by atoms with E-state index in [4.69, 9.17) is 9.72 Å². The Bertz CT molecular complexity index is 861. The summed E-state index contributed by atoms with van der Waals surface area (Å²) in [5.41, 5.74) is 0.625. The van der Waals surface area contributed by atoms with Gasteiger partial charge >= 0.3 is 0 Å². The minimum Gasteiger partial charge on any atom is -0.376 e. The van der Waals surface area contributed by atoms with Crippen molar-refractivity contribution in [1.29, 1.82) is 0 Å². The molecular weight excluding hydrogens is 350 g/mol. The Morgan fingerprint density at radius 1 is 1.19 bits per heavy atom. The summed E-state index contributed by atoms with van der Waals surface area (Å²) < 4.78 is 7.44. The van der Waals surface area contributed by atoms with Gasteiger partial charge in [0.15, 0.2) is 5.16 Å². The molecule has 1 aromatic heterocycles. The molecule has 138 valence electrons. The average Bonchev–Trinajstić information content (AvgIpc) is 3.08. The topological polar surface area (TPSA) is 73.2 Å². The molecule has 0 spiro atoms. The largest absolute Gasteiger partial charge is 0.376 e. The maximum absolute atomic E-state index is 13.1. The predicted molar refractivity (Wildman–Crippen MR) is 101 cm³/mol. The molecule has 2 unspecified atom stereocenters. The van der Waals surface area contributed by atoms with Crippen molar-refractivity contribution in [2.45, 2.75) is 55.2 Å². The highest BCUT2D eigenvalue weighted by Crippen LogP contribution is 2.28. The molecular formula is C19H23N3O3S. The van der Waals surface area contributed by atoms with Crippen molar-refractivity contribution < 1.29 is 9.53 Å². The smallest absolute Gasteiger partial charge is 0.262 e. The lowest BCUT2D eigenvalue weighted by atomic mass is 10.2. The van der Waals surface area contributed by atoms with Crippen LogP contribution in [-0.4, -0.2) is 40.0 Å². The molecule has 2 atom stereocenters. The number of thioether (sulfide) groups is 1. The minimum atomic E-state index is -0.207. The van der Waals surface area contributed by atoms with Gasteiger partial charge in [-0.1, -0.05) is 30.3 Å². The summed E-state index contributed by atoms with van der Waals surface area (Å²) in [6.45, 7) is 1.96. The highest BCUT2D eigenvalue weighted by atomic mass is 32.2. The molecule has 0 aliphatic carbocycles. The molecule has 6 nitrogen and oxygen atoms in total. The molecule has 1 amide bonds. The lowest BCUT2D eigenvalue weighted by molar-refractivity contribution is -0.120.